The van der Waals surface area contributed by atoms with Crippen LogP contribution in [0, 0.1) is 0 Å². The average molecular weight is 309 g/mol. The van der Waals surface area contributed by atoms with Crippen LogP contribution in [0.4, 0.5) is 5.13 Å². The molecular formula is C13H15N3O4S. The summed E-state index contributed by atoms with van der Waals surface area (Å²) in [6.07, 6.45) is -0.447. The fraction of sp³-hybridized carbons (Fsp3) is 0.308. The maximum atomic E-state index is 12.0. The number of anilines is 1. The third kappa shape index (κ3) is 3.89. The summed E-state index contributed by atoms with van der Waals surface area (Å²) in [6.45, 7) is 1.20. The molecule has 0 saturated heterocycles. The topological polar surface area (TPSA) is 126 Å². The van der Waals surface area contributed by atoms with Crippen LogP contribution in [-0.2, 0) is 4.79 Å². The summed E-state index contributed by atoms with van der Waals surface area (Å²) in [5.41, 5.74) is 5.21. The van der Waals surface area contributed by atoms with Crippen molar-refractivity contribution in [3.63, 3.8) is 0 Å². The molecule has 0 aliphatic carbocycles. The van der Waals surface area contributed by atoms with Gasteiger partial charge in [-0.1, -0.05) is 11.3 Å². The highest BCUT2D eigenvalue weighted by Crippen LogP contribution is 2.24. The molecule has 0 bridgehead atoms. The molecule has 2 aromatic rings. The van der Waals surface area contributed by atoms with E-state index in [0.717, 1.165) is 4.70 Å². The van der Waals surface area contributed by atoms with Crippen molar-refractivity contribution in [1.82, 2.24) is 10.3 Å². The predicted octanol–water partition coefficient (Wildman–Crippen LogP) is 0.834. The second-order valence-corrected chi connectivity index (χ2v) is 6.05. The lowest BCUT2D eigenvalue weighted by Crippen LogP contribution is -2.42. The van der Waals surface area contributed by atoms with Crippen LogP contribution in [0.2, 0.25) is 0 Å². The van der Waals surface area contributed by atoms with E-state index in [1.807, 2.05) is 0 Å². The van der Waals surface area contributed by atoms with Crippen LogP contribution < -0.4 is 11.1 Å². The van der Waals surface area contributed by atoms with Gasteiger partial charge in [-0.2, -0.15) is 0 Å². The van der Waals surface area contributed by atoms with Gasteiger partial charge in [0.15, 0.2) is 5.13 Å². The number of hydrogen-bond donors (Lipinski definition) is 4. The molecule has 5 N–H and O–H groups in total. The molecule has 112 valence electrons. The van der Waals surface area contributed by atoms with E-state index >= 15 is 0 Å². The normalized spacial score (nSPS) is 13.8. The highest BCUT2D eigenvalue weighted by molar-refractivity contribution is 7.22. The maximum Gasteiger partial charge on any atom is 0.306 e. The van der Waals surface area contributed by atoms with Gasteiger partial charge in [-0.15, -0.1) is 0 Å². The smallest absolute Gasteiger partial charge is 0.306 e. The van der Waals surface area contributed by atoms with E-state index in [2.05, 4.69) is 10.3 Å². The highest BCUT2D eigenvalue weighted by atomic mass is 32.1. The molecule has 7 nitrogen and oxygen atoms in total. The molecule has 2 rings (SSSR count). The number of carboxylic acid groups (broad SMARTS) is 1. The molecular weight excluding hydrogens is 294 g/mol. The summed E-state index contributed by atoms with van der Waals surface area (Å²) < 4.78 is 0.789. The van der Waals surface area contributed by atoms with E-state index < -0.39 is 23.9 Å². The summed E-state index contributed by atoms with van der Waals surface area (Å²) >= 11 is 1.28. The first-order valence-corrected chi connectivity index (χ1v) is 6.97. The van der Waals surface area contributed by atoms with Crippen molar-refractivity contribution in [2.75, 3.05) is 12.3 Å². The molecule has 21 heavy (non-hydrogen) atoms. The molecule has 1 unspecified atom stereocenters. The van der Waals surface area contributed by atoms with Crippen LogP contribution in [0.5, 0.6) is 0 Å². The fourth-order valence-corrected chi connectivity index (χ4v) is 2.62. The van der Waals surface area contributed by atoms with Crippen molar-refractivity contribution in [3.8, 4) is 0 Å². The molecule has 0 fully saturated rings. The Morgan fingerprint density at radius 1 is 1.48 bits per heavy atom. The zero-order valence-electron chi connectivity index (χ0n) is 11.3. The molecule has 1 aromatic heterocycles. The van der Waals surface area contributed by atoms with Crippen molar-refractivity contribution in [3.05, 3.63) is 23.8 Å². The number of carbonyl (C=O) groups excluding carboxylic acids is 1. The first-order valence-electron chi connectivity index (χ1n) is 6.15. The van der Waals surface area contributed by atoms with Gasteiger partial charge in [0, 0.05) is 12.1 Å². The van der Waals surface area contributed by atoms with Crippen molar-refractivity contribution < 1.29 is 19.8 Å². The molecule has 0 aliphatic heterocycles. The number of benzene rings is 1. The van der Waals surface area contributed by atoms with Gasteiger partial charge in [0.1, 0.15) is 0 Å². The maximum absolute atomic E-state index is 12.0. The van der Waals surface area contributed by atoms with Gasteiger partial charge in [0.05, 0.1) is 22.2 Å². The number of aliphatic carboxylic acids is 1. The van der Waals surface area contributed by atoms with Crippen LogP contribution >= 0.6 is 11.3 Å². The lowest BCUT2D eigenvalue weighted by atomic mass is 10.0. The number of rotatable bonds is 5. The number of nitrogens with two attached hydrogens (primary N) is 1. The zero-order chi connectivity index (χ0) is 15.6. The lowest BCUT2D eigenvalue weighted by molar-refractivity contribution is -0.141. The third-order valence-electron chi connectivity index (χ3n) is 2.83. The zero-order valence-corrected chi connectivity index (χ0v) is 12.1. The van der Waals surface area contributed by atoms with E-state index in [0.29, 0.717) is 16.2 Å². The minimum atomic E-state index is -1.50. The molecule has 1 aromatic carbocycles. The van der Waals surface area contributed by atoms with Gasteiger partial charge in [-0.3, -0.25) is 9.59 Å². The number of nitrogen functional groups attached to an aromatic ring is 1. The first-order chi connectivity index (χ1) is 9.77. The summed E-state index contributed by atoms with van der Waals surface area (Å²) in [5, 5.41) is 21.4. The van der Waals surface area contributed by atoms with Crippen LogP contribution in [0.15, 0.2) is 18.2 Å². The van der Waals surface area contributed by atoms with Crippen LogP contribution in [0.1, 0.15) is 23.7 Å². The quantitative estimate of drug-likeness (QED) is 0.648. The minimum absolute atomic E-state index is 0.152. The fourth-order valence-electron chi connectivity index (χ4n) is 1.84. The van der Waals surface area contributed by atoms with Gasteiger partial charge >= 0.3 is 5.97 Å². The Morgan fingerprint density at radius 3 is 2.86 bits per heavy atom. The minimum Gasteiger partial charge on any atom is -0.481 e. The summed E-state index contributed by atoms with van der Waals surface area (Å²) in [5.74, 6) is -1.52. The number of aliphatic hydroxyl groups is 1. The predicted molar refractivity (Wildman–Crippen MR) is 79.2 cm³/mol. The van der Waals surface area contributed by atoms with Gasteiger partial charge in [-0.25, -0.2) is 4.98 Å². The Balaban J connectivity index is 2.06. The number of hydrogen-bond acceptors (Lipinski definition) is 6. The van der Waals surface area contributed by atoms with Crippen LogP contribution in [0.25, 0.3) is 10.2 Å². The van der Waals surface area contributed by atoms with Gasteiger partial charge in [0.25, 0.3) is 5.91 Å². The van der Waals surface area contributed by atoms with Crippen molar-refractivity contribution in [2.45, 2.75) is 18.9 Å². The molecule has 0 spiro atoms. The monoisotopic (exact) mass is 309 g/mol. The second-order valence-electron chi connectivity index (χ2n) is 4.98. The number of nitrogens with zero attached hydrogens (tertiary/aromatic N) is 1. The van der Waals surface area contributed by atoms with Gasteiger partial charge in [0.2, 0.25) is 0 Å². The molecule has 1 atom stereocenters. The van der Waals surface area contributed by atoms with Crippen molar-refractivity contribution in [1.29, 1.82) is 0 Å². The Morgan fingerprint density at radius 2 is 2.19 bits per heavy atom. The van der Waals surface area contributed by atoms with E-state index in [4.69, 9.17) is 10.8 Å². The van der Waals surface area contributed by atoms with Gasteiger partial charge in [-0.05, 0) is 25.1 Å². The number of carboxylic acids is 1. The Labute approximate surface area is 124 Å². The SMILES string of the molecule is CC(O)(CNC(=O)c1ccc2nc(N)sc2c1)CC(=O)O. The summed E-state index contributed by atoms with van der Waals surface area (Å²) in [4.78, 5) is 26.7. The van der Waals surface area contributed by atoms with E-state index in [1.54, 1.807) is 18.2 Å². The molecule has 0 aliphatic rings. The molecule has 0 radical (unpaired) electrons. The molecule has 1 heterocycles. The number of fused-ring (bicyclic) bond motifs is 1. The van der Waals surface area contributed by atoms with Crippen molar-refractivity contribution in [2.24, 2.45) is 0 Å². The van der Waals surface area contributed by atoms with E-state index in [9.17, 15) is 14.7 Å². The number of thiazole rings is 1. The highest BCUT2D eigenvalue weighted by Gasteiger charge is 2.25. The van der Waals surface area contributed by atoms with E-state index in [1.165, 1.54) is 18.3 Å². The van der Waals surface area contributed by atoms with Crippen LogP contribution in [0.3, 0.4) is 0 Å². The number of carbonyl (C=O) groups is 2. The van der Waals surface area contributed by atoms with Gasteiger partial charge < -0.3 is 21.3 Å². The summed E-state index contributed by atoms with van der Waals surface area (Å²) in [7, 11) is 0. The molecule has 8 heteroatoms. The van der Waals surface area contributed by atoms with E-state index in [-0.39, 0.29) is 6.54 Å². The number of nitrogens with one attached hydrogen (secondary N) is 1. The first kappa shape index (κ1) is 15.2. The number of aromatic nitrogens is 1. The lowest BCUT2D eigenvalue weighted by Gasteiger charge is -2.21. The third-order valence-corrected chi connectivity index (χ3v) is 3.68. The largest absolute Gasteiger partial charge is 0.481 e. The Bertz CT molecular complexity index is 696. The Hall–Kier alpha value is -2.19. The second kappa shape index (κ2) is 5.66. The Kier molecular flexibility index (Phi) is 4.10. The standard InChI is InChI=1S/C13H15N3O4S/c1-13(20,5-10(17)18)6-15-11(19)7-2-3-8-9(4-7)21-12(14)16-8/h2-4,20H,5-6H2,1H3,(H2,14,16)(H,15,19)(H,17,18). The number of amides is 1. The molecule has 1 amide bonds. The summed E-state index contributed by atoms with van der Waals surface area (Å²) in [6, 6.07) is 4.94. The van der Waals surface area contributed by atoms with Crippen LogP contribution in [-0.4, -0.2) is 39.2 Å². The average Bonchev–Trinajstić information content (AvgIpc) is 2.73. The molecule has 0 saturated carbocycles. The van der Waals surface area contributed by atoms with Crippen molar-refractivity contribution >= 4 is 38.6 Å².